The first-order valence-corrected chi connectivity index (χ1v) is 12.7. The number of carbonyl (C=O) groups is 2. The van der Waals surface area contributed by atoms with Crippen LogP contribution in [0, 0.1) is 5.92 Å². The van der Waals surface area contributed by atoms with Crippen LogP contribution in [0.3, 0.4) is 0 Å². The van der Waals surface area contributed by atoms with E-state index in [0.717, 1.165) is 4.90 Å². The predicted molar refractivity (Wildman–Crippen MR) is 136 cm³/mol. The number of amides is 2. The number of carbonyl (C=O) groups excluding carboxylic acids is 2. The topological polar surface area (TPSA) is 61.4 Å². The summed E-state index contributed by atoms with van der Waals surface area (Å²) in [5.74, 6) is -2.44. The predicted octanol–water partition coefficient (Wildman–Crippen LogP) is 7.14. The van der Waals surface area contributed by atoms with Crippen molar-refractivity contribution in [2.24, 2.45) is 5.92 Å². The average molecular weight is 604 g/mol. The Kier molecular flexibility index (Phi) is 7.97. The highest BCUT2D eigenvalue weighted by molar-refractivity contribution is 6.53. The molecule has 0 radical (unpaired) electrons. The molecule has 1 aliphatic carbocycles. The van der Waals surface area contributed by atoms with E-state index in [1.807, 2.05) is 0 Å². The lowest BCUT2D eigenvalue weighted by Gasteiger charge is -2.24. The lowest BCUT2D eigenvalue weighted by Crippen LogP contribution is -2.44. The minimum absolute atomic E-state index is 0.148. The fourth-order valence-electron chi connectivity index (χ4n) is 4.50. The number of hydrogen-bond acceptors (Lipinski definition) is 3. The summed E-state index contributed by atoms with van der Waals surface area (Å²) in [6.45, 7) is -1.01. The first-order valence-electron chi connectivity index (χ1n) is 10.8. The zero-order valence-electron chi connectivity index (χ0n) is 18.3. The zero-order valence-corrected chi connectivity index (χ0v) is 22.1. The van der Waals surface area contributed by atoms with Crippen LogP contribution in [0.5, 0.6) is 0 Å². The van der Waals surface area contributed by atoms with Gasteiger partial charge in [0.05, 0.1) is 29.2 Å². The Balaban J connectivity index is 1.45. The van der Waals surface area contributed by atoms with Gasteiger partial charge >= 0.3 is 6.18 Å². The second-order valence-electron chi connectivity index (χ2n) is 8.75. The van der Waals surface area contributed by atoms with E-state index in [2.05, 4.69) is 10.6 Å². The second kappa shape index (κ2) is 10.4. The van der Waals surface area contributed by atoms with Crippen LogP contribution in [0.1, 0.15) is 24.3 Å². The first-order chi connectivity index (χ1) is 16.8. The molecule has 13 heteroatoms. The van der Waals surface area contributed by atoms with Crippen molar-refractivity contribution in [3.05, 3.63) is 57.0 Å². The molecule has 0 aromatic heterocycles. The maximum absolute atomic E-state index is 13.0. The Morgan fingerprint density at radius 2 is 1.67 bits per heavy atom. The summed E-state index contributed by atoms with van der Waals surface area (Å²) in [5.41, 5.74) is 1.05. The van der Waals surface area contributed by atoms with Crippen molar-refractivity contribution in [1.82, 2.24) is 4.90 Å². The second-order valence-corrected chi connectivity index (χ2v) is 11.5. The maximum Gasteiger partial charge on any atom is 0.401 e. The maximum atomic E-state index is 13.0. The molecule has 2 amide bonds. The van der Waals surface area contributed by atoms with E-state index in [4.69, 9.17) is 58.0 Å². The van der Waals surface area contributed by atoms with E-state index in [1.165, 1.54) is 18.2 Å². The van der Waals surface area contributed by atoms with Gasteiger partial charge in [0.25, 0.3) is 0 Å². The van der Waals surface area contributed by atoms with Gasteiger partial charge in [-0.2, -0.15) is 13.2 Å². The largest absolute Gasteiger partial charge is 0.401 e. The lowest BCUT2D eigenvalue weighted by atomic mass is 10.1. The Bertz CT molecular complexity index is 1170. The molecule has 1 heterocycles. The third-order valence-electron chi connectivity index (χ3n) is 6.12. The van der Waals surface area contributed by atoms with Crippen molar-refractivity contribution >= 4 is 81.2 Å². The van der Waals surface area contributed by atoms with E-state index >= 15 is 0 Å². The van der Waals surface area contributed by atoms with E-state index in [-0.39, 0.29) is 22.9 Å². The Morgan fingerprint density at radius 1 is 1.00 bits per heavy atom. The molecule has 3 atom stereocenters. The smallest absolute Gasteiger partial charge is 0.326 e. The van der Waals surface area contributed by atoms with Crippen LogP contribution < -0.4 is 10.6 Å². The number of alkyl halides is 5. The van der Waals surface area contributed by atoms with Crippen molar-refractivity contribution in [3.8, 4) is 0 Å². The van der Waals surface area contributed by atoms with Crippen molar-refractivity contribution < 1.29 is 22.8 Å². The molecular weight excluding hydrogens is 585 g/mol. The van der Waals surface area contributed by atoms with Gasteiger partial charge in [0.1, 0.15) is 4.33 Å². The van der Waals surface area contributed by atoms with Crippen LogP contribution in [0.25, 0.3) is 0 Å². The van der Waals surface area contributed by atoms with Gasteiger partial charge in [-0.25, -0.2) is 0 Å². The van der Waals surface area contributed by atoms with Crippen LogP contribution in [-0.2, 0) is 9.59 Å². The molecule has 5 nitrogen and oxygen atoms in total. The van der Waals surface area contributed by atoms with Crippen molar-refractivity contribution in [1.29, 1.82) is 0 Å². The monoisotopic (exact) mass is 601 g/mol. The first kappa shape index (κ1) is 27.6. The molecule has 2 aromatic rings. The molecule has 1 unspecified atom stereocenters. The molecule has 2 fully saturated rings. The molecule has 4 rings (SSSR count). The van der Waals surface area contributed by atoms with Crippen LogP contribution >= 0.6 is 58.0 Å². The van der Waals surface area contributed by atoms with Gasteiger partial charge in [0.2, 0.25) is 11.8 Å². The Morgan fingerprint density at radius 3 is 2.31 bits per heavy atom. The molecule has 194 valence electrons. The van der Waals surface area contributed by atoms with Gasteiger partial charge in [-0.1, -0.05) is 34.8 Å². The van der Waals surface area contributed by atoms with Crippen molar-refractivity contribution in [3.63, 3.8) is 0 Å². The number of benzene rings is 2. The highest BCUT2D eigenvalue weighted by atomic mass is 35.5. The summed E-state index contributed by atoms with van der Waals surface area (Å²) in [4.78, 5) is 26.8. The molecule has 2 aromatic carbocycles. The highest BCUT2D eigenvalue weighted by Crippen LogP contribution is 2.65. The van der Waals surface area contributed by atoms with Crippen LogP contribution in [0.4, 0.5) is 24.5 Å². The molecule has 0 spiro atoms. The molecule has 2 aliphatic rings. The van der Waals surface area contributed by atoms with Crippen molar-refractivity contribution in [2.75, 3.05) is 23.7 Å². The van der Waals surface area contributed by atoms with Gasteiger partial charge in [0.15, 0.2) is 0 Å². The minimum atomic E-state index is -4.41. The summed E-state index contributed by atoms with van der Waals surface area (Å²) in [6.07, 6.45) is -3.65. The standard InChI is InChI=1S/C23H19Cl5F3N3O2/c24-12-6-11(7-13(25)8-12)18-19(23(18,27)28)21(36)32-14-3-4-15(26)16(9-14)33-20(35)17-2-1-5-34(17)10-22(29,30)31/h3-4,6-9,17-19H,1-2,5,10H2,(H,32,36)(H,33,35)/t17?,18-,19+/m0/s1. The van der Waals surface area contributed by atoms with E-state index in [0.29, 0.717) is 28.5 Å². The van der Waals surface area contributed by atoms with Crippen LogP contribution in [0.2, 0.25) is 15.1 Å². The Labute approximate surface area is 230 Å². The van der Waals surface area contributed by atoms with E-state index in [9.17, 15) is 22.8 Å². The Hall–Kier alpha value is -1.42. The van der Waals surface area contributed by atoms with E-state index in [1.54, 1.807) is 18.2 Å². The third kappa shape index (κ3) is 6.17. The van der Waals surface area contributed by atoms with Gasteiger partial charge in [0, 0.05) is 21.7 Å². The molecule has 0 bridgehead atoms. The molecule has 36 heavy (non-hydrogen) atoms. The number of nitrogens with zero attached hydrogens (tertiary/aromatic N) is 1. The number of halogens is 8. The highest BCUT2D eigenvalue weighted by Gasteiger charge is 2.67. The fourth-order valence-corrected chi connectivity index (χ4v) is 6.04. The summed E-state index contributed by atoms with van der Waals surface area (Å²) in [6, 6.07) is 8.25. The summed E-state index contributed by atoms with van der Waals surface area (Å²) in [7, 11) is 0. The number of anilines is 2. The van der Waals surface area contributed by atoms with E-state index < -0.39 is 46.7 Å². The summed E-state index contributed by atoms with van der Waals surface area (Å²) < 4.78 is 37.1. The fraction of sp³-hybridized carbons (Fsp3) is 0.391. The zero-order chi connectivity index (χ0) is 26.4. The summed E-state index contributed by atoms with van der Waals surface area (Å²) in [5, 5.41) is 6.18. The quantitative estimate of drug-likeness (QED) is 0.345. The molecular formula is C23H19Cl5F3N3O2. The number of nitrogens with one attached hydrogen (secondary N) is 2. The number of rotatable bonds is 6. The van der Waals surface area contributed by atoms with Gasteiger partial charge in [-0.3, -0.25) is 14.5 Å². The molecule has 1 saturated heterocycles. The average Bonchev–Trinajstić information content (AvgIpc) is 3.06. The molecule has 2 N–H and O–H groups in total. The number of hydrogen-bond donors (Lipinski definition) is 2. The number of likely N-dealkylation sites (tertiary alicyclic amines) is 1. The van der Waals surface area contributed by atoms with Gasteiger partial charge in [-0.05, 0) is 61.3 Å². The molecule has 1 aliphatic heterocycles. The van der Waals surface area contributed by atoms with Crippen LogP contribution in [-0.4, -0.2) is 46.4 Å². The molecule has 1 saturated carbocycles. The lowest BCUT2D eigenvalue weighted by molar-refractivity contribution is -0.150. The SMILES string of the molecule is O=C(Nc1cc(NC(=O)[C@H]2[C@H](c3cc(Cl)cc(Cl)c3)C2(Cl)Cl)ccc1Cl)C1CCCN1CC(F)(F)F. The third-order valence-corrected chi connectivity index (χ3v) is 7.83. The van der Waals surface area contributed by atoms with Crippen LogP contribution in [0.15, 0.2) is 36.4 Å². The van der Waals surface area contributed by atoms with Gasteiger partial charge in [-0.15, -0.1) is 23.2 Å². The van der Waals surface area contributed by atoms with Gasteiger partial charge < -0.3 is 10.6 Å². The minimum Gasteiger partial charge on any atom is -0.326 e. The summed E-state index contributed by atoms with van der Waals surface area (Å²) >= 11 is 31.1. The van der Waals surface area contributed by atoms with Crippen molar-refractivity contribution in [2.45, 2.75) is 35.3 Å². The normalized spacial score (nSPS) is 23.4.